The molecule has 1 aliphatic rings. The fourth-order valence-electron chi connectivity index (χ4n) is 3.51. The van der Waals surface area contributed by atoms with Crippen molar-refractivity contribution >= 4 is 34.0 Å². The quantitative estimate of drug-likeness (QED) is 0.417. The van der Waals surface area contributed by atoms with Crippen LogP contribution in [0.1, 0.15) is 6.42 Å². The fraction of sp³-hybridized carbons (Fsp3) is 0.364. The molecule has 2 atom stereocenters. The minimum Gasteiger partial charge on any atom is -0.493 e. The first kappa shape index (κ1) is 22.5. The average molecular weight is 463 g/mol. The van der Waals surface area contributed by atoms with Gasteiger partial charge in [-0.2, -0.15) is 0 Å². The molecule has 2 heterocycles. The molecule has 0 bridgehead atoms. The lowest BCUT2D eigenvalue weighted by Gasteiger charge is -2.15. The number of nitrogens with one attached hydrogen (secondary N) is 2. The minimum absolute atomic E-state index is 0.0152. The number of fused-ring (bicyclic) bond motifs is 1. The third-order valence-electron chi connectivity index (χ3n) is 5.11. The molecule has 1 fully saturated rings. The Labute approximate surface area is 189 Å². The summed E-state index contributed by atoms with van der Waals surface area (Å²) in [5.41, 5.74) is 1.25. The Morgan fingerprint density at radius 3 is 2.84 bits per heavy atom. The van der Waals surface area contributed by atoms with Gasteiger partial charge in [0.25, 0.3) is 0 Å². The van der Waals surface area contributed by atoms with Crippen LogP contribution in [0.5, 0.6) is 11.5 Å². The van der Waals surface area contributed by atoms with Gasteiger partial charge in [0.05, 0.1) is 37.0 Å². The zero-order valence-corrected chi connectivity index (χ0v) is 18.2. The molecule has 1 aliphatic heterocycles. The van der Waals surface area contributed by atoms with Crippen LogP contribution in [-0.2, 0) is 4.74 Å². The van der Waals surface area contributed by atoms with Gasteiger partial charge in [-0.3, -0.25) is 0 Å². The summed E-state index contributed by atoms with van der Waals surface area (Å²) in [6, 6.07) is 8.06. The summed E-state index contributed by atoms with van der Waals surface area (Å²) < 4.78 is 30.5. The number of anilines is 2. The molecule has 2 aromatic carbocycles. The van der Waals surface area contributed by atoms with E-state index in [1.165, 1.54) is 18.5 Å². The monoisotopic (exact) mass is 462 g/mol. The number of β-amino-alcohol motifs (C(OH)–C–C–N with tert-alkyl or cyclic N) is 1. The van der Waals surface area contributed by atoms with E-state index in [2.05, 4.69) is 20.6 Å². The van der Waals surface area contributed by atoms with Gasteiger partial charge in [-0.25, -0.2) is 14.4 Å². The van der Waals surface area contributed by atoms with Gasteiger partial charge in [-0.15, -0.1) is 0 Å². The highest BCUT2D eigenvalue weighted by molar-refractivity contribution is 6.31. The van der Waals surface area contributed by atoms with E-state index in [-0.39, 0.29) is 17.2 Å². The molecule has 1 aromatic heterocycles. The highest BCUT2D eigenvalue weighted by Crippen LogP contribution is 2.35. The van der Waals surface area contributed by atoms with Crippen molar-refractivity contribution in [3.05, 3.63) is 47.5 Å². The Balaban J connectivity index is 1.45. The highest BCUT2D eigenvalue weighted by atomic mass is 35.5. The molecule has 3 N–H and O–H groups in total. The average Bonchev–Trinajstić information content (AvgIpc) is 3.21. The number of aromatic nitrogens is 2. The van der Waals surface area contributed by atoms with Crippen LogP contribution in [0.4, 0.5) is 15.9 Å². The third kappa shape index (κ3) is 5.36. The fourth-order valence-corrected chi connectivity index (χ4v) is 3.69. The Morgan fingerprint density at radius 1 is 1.22 bits per heavy atom. The molecule has 0 spiro atoms. The second-order valence-electron chi connectivity index (χ2n) is 7.41. The standard InChI is InChI=1S/C22H24ClFN4O4/c1-30-20-9-19-16(8-21(20)32-5-4-31-11-14-6-15(29)10-25-14)22(27-12-26-19)28-13-2-3-18(24)17(23)7-13/h2-3,7-9,12,14-15,25,29H,4-6,10-11H2,1H3,(H,26,27,28)/t14-,15+/m0/s1. The second kappa shape index (κ2) is 10.3. The van der Waals surface area contributed by atoms with E-state index in [0.29, 0.717) is 66.7 Å². The lowest BCUT2D eigenvalue weighted by molar-refractivity contribution is 0.0831. The van der Waals surface area contributed by atoms with Gasteiger partial charge in [0.15, 0.2) is 11.5 Å². The number of benzene rings is 2. The predicted octanol–water partition coefficient (Wildman–Crippen LogP) is 3.29. The number of aliphatic hydroxyl groups excluding tert-OH is 1. The first-order valence-corrected chi connectivity index (χ1v) is 10.6. The SMILES string of the molecule is COc1cc2ncnc(Nc3ccc(F)c(Cl)c3)c2cc1OCCOC[C@@H]1C[C@@H](O)CN1. The molecule has 10 heteroatoms. The third-order valence-corrected chi connectivity index (χ3v) is 5.40. The summed E-state index contributed by atoms with van der Waals surface area (Å²) >= 11 is 5.88. The maximum absolute atomic E-state index is 13.5. The van der Waals surface area contributed by atoms with Crippen LogP contribution in [-0.4, -0.2) is 60.7 Å². The van der Waals surface area contributed by atoms with Crippen molar-refractivity contribution in [2.75, 3.05) is 38.8 Å². The molecule has 0 aliphatic carbocycles. The first-order chi connectivity index (χ1) is 15.5. The molecule has 0 saturated carbocycles. The normalized spacial score (nSPS) is 18.1. The lowest BCUT2D eigenvalue weighted by Crippen LogP contribution is -2.27. The van der Waals surface area contributed by atoms with Gasteiger partial charge < -0.3 is 30.0 Å². The number of nitrogens with zero attached hydrogens (tertiary/aromatic N) is 2. The van der Waals surface area contributed by atoms with Gasteiger partial charge in [0.1, 0.15) is 24.6 Å². The van der Waals surface area contributed by atoms with E-state index in [1.54, 1.807) is 25.3 Å². The largest absolute Gasteiger partial charge is 0.493 e. The van der Waals surface area contributed by atoms with E-state index >= 15 is 0 Å². The van der Waals surface area contributed by atoms with Crippen molar-refractivity contribution < 1.29 is 23.7 Å². The number of aliphatic hydroxyl groups is 1. The Kier molecular flexibility index (Phi) is 7.21. The van der Waals surface area contributed by atoms with Crippen molar-refractivity contribution in [3.8, 4) is 11.5 Å². The van der Waals surface area contributed by atoms with Crippen LogP contribution in [0.2, 0.25) is 5.02 Å². The first-order valence-electron chi connectivity index (χ1n) is 10.2. The van der Waals surface area contributed by atoms with Crippen LogP contribution in [0.25, 0.3) is 10.9 Å². The van der Waals surface area contributed by atoms with Crippen LogP contribution in [0.3, 0.4) is 0 Å². The van der Waals surface area contributed by atoms with Gasteiger partial charge in [0.2, 0.25) is 0 Å². The number of rotatable bonds is 9. The lowest BCUT2D eigenvalue weighted by atomic mass is 10.2. The van der Waals surface area contributed by atoms with Crippen molar-refractivity contribution in [1.29, 1.82) is 0 Å². The van der Waals surface area contributed by atoms with Gasteiger partial charge >= 0.3 is 0 Å². The number of halogens is 2. The molecule has 0 unspecified atom stereocenters. The maximum atomic E-state index is 13.5. The summed E-state index contributed by atoms with van der Waals surface area (Å²) in [6.07, 6.45) is 1.81. The van der Waals surface area contributed by atoms with Crippen LogP contribution < -0.4 is 20.1 Å². The summed E-state index contributed by atoms with van der Waals surface area (Å²) in [4.78, 5) is 8.60. The van der Waals surface area contributed by atoms with E-state index in [9.17, 15) is 9.50 Å². The molecule has 170 valence electrons. The topological polar surface area (TPSA) is 97.8 Å². The predicted molar refractivity (Wildman–Crippen MR) is 120 cm³/mol. The van der Waals surface area contributed by atoms with Gasteiger partial charge in [0, 0.05) is 29.7 Å². The summed E-state index contributed by atoms with van der Waals surface area (Å²) in [7, 11) is 1.56. The molecule has 0 radical (unpaired) electrons. The number of methoxy groups -OCH3 is 1. The maximum Gasteiger partial charge on any atom is 0.162 e. The minimum atomic E-state index is -0.493. The Bertz CT molecular complexity index is 1090. The van der Waals surface area contributed by atoms with E-state index < -0.39 is 5.82 Å². The Morgan fingerprint density at radius 2 is 2.09 bits per heavy atom. The summed E-state index contributed by atoms with van der Waals surface area (Å²) in [5, 5.41) is 16.6. The van der Waals surface area contributed by atoms with Crippen LogP contribution in [0.15, 0.2) is 36.7 Å². The Hall–Kier alpha value is -2.72. The van der Waals surface area contributed by atoms with Gasteiger partial charge in [-0.05, 0) is 30.7 Å². The van der Waals surface area contributed by atoms with E-state index in [0.717, 1.165) is 0 Å². The molecular formula is C22H24ClFN4O4. The zero-order valence-electron chi connectivity index (χ0n) is 17.5. The summed E-state index contributed by atoms with van der Waals surface area (Å²) in [5.74, 6) is 1.08. The number of ether oxygens (including phenoxy) is 3. The van der Waals surface area contributed by atoms with Crippen molar-refractivity contribution in [2.45, 2.75) is 18.6 Å². The molecule has 3 aromatic rings. The summed E-state index contributed by atoms with van der Waals surface area (Å²) in [6.45, 7) is 1.82. The molecule has 4 rings (SSSR count). The number of hydrogen-bond acceptors (Lipinski definition) is 8. The van der Waals surface area contributed by atoms with Crippen LogP contribution >= 0.6 is 11.6 Å². The zero-order chi connectivity index (χ0) is 22.5. The smallest absolute Gasteiger partial charge is 0.162 e. The highest BCUT2D eigenvalue weighted by Gasteiger charge is 2.21. The molecular weight excluding hydrogens is 439 g/mol. The van der Waals surface area contributed by atoms with Crippen molar-refractivity contribution in [2.24, 2.45) is 0 Å². The van der Waals surface area contributed by atoms with Crippen molar-refractivity contribution in [3.63, 3.8) is 0 Å². The van der Waals surface area contributed by atoms with Crippen molar-refractivity contribution in [1.82, 2.24) is 15.3 Å². The second-order valence-corrected chi connectivity index (χ2v) is 7.82. The molecule has 8 nitrogen and oxygen atoms in total. The molecule has 32 heavy (non-hydrogen) atoms. The van der Waals surface area contributed by atoms with Gasteiger partial charge in [-0.1, -0.05) is 11.6 Å². The van der Waals surface area contributed by atoms with Crippen LogP contribution in [0, 0.1) is 5.82 Å². The van der Waals surface area contributed by atoms with E-state index in [4.69, 9.17) is 25.8 Å². The van der Waals surface area contributed by atoms with E-state index in [1.807, 2.05) is 0 Å². The molecule has 1 saturated heterocycles. The molecule has 0 amide bonds. The number of hydrogen-bond donors (Lipinski definition) is 3.